The lowest BCUT2D eigenvalue weighted by atomic mass is 10.1. The van der Waals surface area contributed by atoms with Crippen LogP contribution in [0.25, 0.3) is 0 Å². The van der Waals surface area contributed by atoms with E-state index in [4.69, 9.17) is 5.73 Å². The van der Waals surface area contributed by atoms with Crippen molar-refractivity contribution in [3.8, 4) is 0 Å². The van der Waals surface area contributed by atoms with E-state index in [1.54, 1.807) is 6.92 Å². The first-order valence-electron chi connectivity index (χ1n) is 6.38. The minimum absolute atomic E-state index is 0.00963. The van der Waals surface area contributed by atoms with Crippen LogP contribution in [0.4, 0.5) is 11.4 Å². The number of amides is 1. The minimum Gasteiger partial charge on any atom is -0.373 e. The van der Waals surface area contributed by atoms with E-state index in [9.17, 15) is 4.79 Å². The number of hydrogen-bond acceptors (Lipinski definition) is 3. The maximum absolute atomic E-state index is 12.2. The lowest BCUT2D eigenvalue weighted by molar-refractivity contribution is -0.119. The number of nitrogens with zero attached hydrogens (tertiary/aromatic N) is 2. The average molecular weight is 247 g/mol. The smallest absolute Gasteiger partial charge is 0.243 e. The van der Waals surface area contributed by atoms with Gasteiger partial charge in [-0.25, -0.2) is 0 Å². The van der Waals surface area contributed by atoms with Crippen molar-refractivity contribution in [2.45, 2.75) is 19.9 Å². The molecule has 1 amide bonds. The third-order valence-corrected chi connectivity index (χ3v) is 3.32. The van der Waals surface area contributed by atoms with Crippen molar-refractivity contribution in [3.05, 3.63) is 24.3 Å². The molecule has 1 aromatic rings. The van der Waals surface area contributed by atoms with Crippen LogP contribution in [0.1, 0.15) is 13.8 Å². The van der Waals surface area contributed by atoms with E-state index in [1.807, 2.05) is 23.1 Å². The lowest BCUT2D eigenvalue weighted by Crippen LogP contribution is -2.44. The van der Waals surface area contributed by atoms with Crippen LogP contribution in [0.5, 0.6) is 0 Å². The molecule has 0 aromatic heterocycles. The number of nitrogens with two attached hydrogens (primary N) is 1. The minimum atomic E-state index is -0.464. The van der Waals surface area contributed by atoms with Gasteiger partial charge in [0.25, 0.3) is 0 Å². The Kier molecular flexibility index (Phi) is 3.57. The molecule has 2 rings (SSSR count). The van der Waals surface area contributed by atoms with Gasteiger partial charge in [-0.05, 0) is 25.0 Å². The van der Waals surface area contributed by atoms with E-state index in [-0.39, 0.29) is 5.91 Å². The van der Waals surface area contributed by atoms with E-state index in [0.717, 1.165) is 24.5 Å². The second kappa shape index (κ2) is 4.98. The first-order chi connectivity index (χ1) is 8.50. The number of benzene rings is 1. The first kappa shape index (κ1) is 12.9. The van der Waals surface area contributed by atoms with Crippen LogP contribution in [0.3, 0.4) is 0 Å². The molecule has 1 heterocycles. The Labute approximate surface area is 108 Å². The third kappa shape index (κ3) is 2.34. The Morgan fingerprint density at radius 2 is 1.94 bits per heavy atom. The molecule has 4 nitrogen and oxygen atoms in total. The van der Waals surface area contributed by atoms with Crippen molar-refractivity contribution in [1.82, 2.24) is 0 Å². The van der Waals surface area contributed by atoms with Gasteiger partial charge in [-0.2, -0.15) is 0 Å². The number of carbonyl (C=O) groups excluding carboxylic acids is 1. The lowest BCUT2D eigenvalue weighted by Gasteiger charge is -2.26. The summed E-state index contributed by atoms with van der Waals surface area (Å²) in [5.74, 6) is 0.412. The fourth-order valence-electron chi connectivity index (χ4n) is 2.50. The van der Waals surface area contributed by atoms with Gasteiger partial charge in [0.15, 0.2) is 0 Å². The summed E-state index contributed by atoms with van der Waals surface area (Å²) in [5, 5.41) is 0. The molecule has 4 heteroatoms. The summed E-state index contributed by atoms with van der Waals surface area (Å²) in [4.78, 5) is 16.3. The van der Waals surface area contributed by atoms with Crippen LogP contribution in [-0.4, -0.2) is 32.1 Å². The van der Waals surface area contributed by atoms with Crippen molar-refractivity contribution in [3.63, 3.8) is 0 Å². The zero-order valence-electron chi connectivity index (χ0n) is 11.3. The Hall–Kier alpha value is -1.55. The van der Waals surface area contributed by atoms with Crippen LogP contribution in [0.15, 0.2) is 24.3 Å². The van der Waals surface area contributed by atoms with Crippen LogP contribution < -0.4 is 15.5 Å². The molecule has 1 aliphatic heterocycles. The molecule has 18 heavy (non-hydrogen) atoms. The topological polar surface area (TPSA) is 49.6 Å². The predicted octanol–water partition coefficient (Wildman–Crippen LogP) is 1.45. The van der Waals surface area contributed by atoms with Gasteiger partial charge < -0.3 is 15.5 Å². The highest BCUT2D eigenvalue weighted by molar-refractivity contribution is 6.00. The summed E-state index contributed by atoms with van der Waals surface area (Å²) in [6.07, 6.45) is 0. The molecule has 0 saturated carbocycles. The fourth-order valence-corrected chi connectivity index (χ4v) is 2.50. The number of carbonyl (C=O) groups is 1. The highest BCUT2D eigenvalue weighted by Crippen LogP contribution is 2.32. The standard InChI is InChI=1S/C14H21N3O/c1-10-8-16(3)12-6-4-5-7-13(12)17(9-10)14(18)11(2)15/h4-7,10-11H,8-9,15H2,1-3H3/t10-,11+/m0/s1. The van der Waals surface area contributed by atoms with E-state index in [0.29, 0.717) is 5.92 Å². The van der Waals surface area contributed by atoms with Crippen LogP contribution >= 0.6 is 0 Å². The van der Waals surface area contributed by atoms with Crippen molar-refractivity contribution in [2.24, 2.45) is 11.7 Å². The van der Waals surface area contributed by atoms with E-state index in [2.05, 4.69) is 24.9 Å². The maximum Gasteiger partial charge on any atom is 0.243 e. The SMILES string of the molecule is C[C@H]1CN(C)c2ccccc2N(C(=O)[C@@H](C)N)C1. The Balaban J connectivity index is 2.45. The van der Waals surface area contributed by atoms with Gasteiger partial charge in [0.2, 0.25) is 5.91 Å². The number of anilines is 2. The summed E-state index contributed by atoms with van der Waals surface area (Å²) >= 11 is 0. The van der Waals surface area contributed by atoms with Gasteiger partial charge in [-0.15, -0.1) is 0 Å². The molecular weight excluding hydrogens is 226 g/mol. The number of hydrogen-bond donors (Lipinski definition) is 1. The number of rotatable bonds is 1. The molecule has 0 unspecified atom stereocenters. The second-order valence-corrected chi connectivity index (χ2v) is 5.21. The molecule has 0 radical (unpaired) electrons. The van der Waals surface area contributed by atoms with Crippen LogP contribution in [0, 0.1) is 5.92 Å². The monoisotopic (exact) mass is 247 g/mol. The molecular formula is C14H21N3O. The largest absolute Gasteiger partial charge is 0.373 e. The Bertz CT molecular complexity index is 444. The molecule has 2 N–H and O–H groups in total. The summed E-state index contributed by atoms with van der Waals surface area (Å²) in [6, 6.07) is 7.54. The van der Waals surface area contributed by atoms with E-state index in [1.165, 1.54) is 0 Å². The highest BCUT2D eigenvalue weighted by Gasteiger charge is 2.27. The van der Waals surface area contributed by atoms with Crippen LogP contribution in [0.2, 0.25) is 0 Å². The zero-order valence-corrected chi connectivity index (χ0v) is 11.3. The second-order valence-electron chi connectivity index (χ2n) is 5.21. The predicted molar refractivity (Wildman–Crippen MR) is 74.9 cm³/mol. The van der Waals surface area contributed by atoms with Crippen molar-refractivity contribution in [1.29, 1.82) is 0 Å². The van der Waals surface area contributed by atoms with Crippen molar-refractivity contribution < 1.29 is 4.79 Å². The van der Waals surface area contributed by atoms with Gasteiger partial charge in [0, 0.05) is 20.1 Å². The molecule has 2 atom stereocenters. The Morgan fingerprint density at radius 3 is 2.56 bits per heavy atom. The van der Waals surface area contributed by atoms with E-state index < -0.39 is 6.04 Å². The quantitative estimate of drug-likeness (QED) is 0.817. The first-order valence-corrected chi connectivity index (χ1v) is 6.38. The molecule has 0 bridgehead atoms. The zero-order chi connectivity index (χ0) is 13.3. The van der Waals surface area contributed by atoms with Gasteiger partial charge in [0.05, 0.1) is 17.4 Å². The molecule has 98 valence electrons. The molecule has 1 aliphatic rings. The summed E-state index contributed by atoms with van der Waals surface area (Å²) < 4.78 is 0. The van der Waals surface area contributed by atoms with Crippen molar-refractivity contribution >= 4 is 17.3 Å². The Morgan fingerprint density at radius 1 is 1.33 bits per heavy atom. The third-order valence-electron chi connectivity index (χ3n) is 3.32. The fraction of sp³-hybridized carbons (Fsp3) is 0.500. The summed E-state index contributed by atoms with van der Waals surface area (Å²) in [5.41, 5.74) is 7.81. The van der Waals surface area contributed by atoms with Gasteiger partial charge in [-0.1, -0.05) is 19.1 Å². The van der Waals surface area contributed by atoms with Gasteiger partial charge in [0.1, 0.15) is 0 Å². The maximum atomic E-state index is 12.2. The summed E-state index contributed by atoms with van der Waals surface area (Å²) in [6.45, 7) is 5.57. The van der Waals surface area contributed by atoms with Gasteiger partial charge in [-0.3, -0.25) is 4.79 Å². The molecule has 0 spiro atoms. The average Bonchev–Trinajstić information content (AvgIpc) is 2.46. The number of para-hydroxylation sites is 2. The summed E-state index contributed by atoms with van der Waals surface area (Å²) in [7, 11) is 2.06. The number of fused-ring (bicyclic) bond motifs is 1. The molecule has 0 fully saturated rings. The van der Waals surface area contributed by atoms with Crippen molar-refractivity contribution in [2.75, 3.05) is 29.9 Å². The highest BCUT2D eigenvalue weighted by atomic mass is 16.2. The van der Waals surface area contributed by atoms with Gasteiger partial charge >= 0.3 is 0 Å². The molecule has 0 saturated heterocycles. The molecule has 1 aromatic carbocycles. The molecule has 0 aliphatic carbocycles. The normalized spacial score (nSPS) is 21.2. The van der Waals surface area contributed by atoms with E-state index >= 15 is 0 Å². The van der Waals surface area contributed by atoms with Crippen LogP contribution in [-0.2, 0) is 4.79 Å².